The number of amides is 5. The molecule has 0 fully saturated rings. The highest BCUT2D eigenvalue weighted by atomic mass is 32.1. The number of ether oxygens (including phenoxy) is 6. The van der Waals surface area contributed by atoms with E-state index >= 15 is 0 Å². The first kappa shape index (κ1) is 93.3. The highest BCUT2D eigenvalue weighted by Gasteiger charge is 2.28. The lowest BCUT2D eigenvalue weighted by atomic mass is 10.1. The van der Waals surface area contributed by atoms with E-state index in [0.717, 1.165) is 112 Å². The van der Waals surface area contributed by atoms with Crippen molar-refractivity contribution in [2.24, 2.45) is 0 Å². The second-order valence-electron chi connectivity index (χ2n) is 32.0. The summed E-state index contributed by atoms with van der Waals surface area (Å²) in [6, 6.07) is 81.4. The molecule has 0 radical (unpaired) electrons. The molecule has 13 heterocycles. The van der Waals surface area contributed by atoms with Gasteiger partial charge in [-0.3, -0.25) is 49.5 Å². The van der Waals surface area contributed by atoms with Gasteiger partial charge in [-0.05, 0) is 197 Å². The Morgan fingerprint density at radius 2 is 0.650 bits per heavy atom. The third-order valence-corrected chi connectivity index (χ3v) is 30.1. The summed E-state index contributed by atoms with van der Waals surface area (Å²) in [5, 5.41) is 66.7. The van der Waals surface area contributed by atoms with E-state index in [9.17, 15) is 24.0 Å². The van der Waals surface area contributed by atoms with E-state index in [1.54, 1.807) is 135 Å². The number of hydrogen-bond donors (Lipinski definition) is 10. The molecule has 0 atom stereocenters. The number of anilines is 5. The minimum atomic E-state index is -0.338. The van der Waals surface area contributed by atoms with Gasteiger partial charge in [0.1, 0.15) is 28.5 Å². The number of carbonyl (C=O) groups is 5. The van der Waals surface area contributed by atoms with Crippen molar-refractivity contribution in [2.75, 3.05) is 96.5 Å². The largest absolute Gasteiger partial charge is 0.494 e. The van der Waals surface area contributed by atoms with Gasteiger partial charge in [0.25, 0.3) is 11.8 Å². The molecule has 13 aromatic heterocycles. The molecule has 28 nitrogen and oxygen atoms in total. The quantitative estimate of drug-likeness (QED) is 0.0254. The minimum absolute atomic E-state index is 0.0433. The van der Waals surface area contributed by atoms with Crippen molar-refractivity contribution in [3.63, 3.8) is 0 Å². The lowest BCUT2D eigenvalue weighted by molar-refractivity contribution is -0.117. The average molecular weight is 1990 g/mol. The van der Waals surface area contributed by atoms with Gasteiger partial charge in [-0.15, -0.1) is 79.4 Å². The Labute approximate surface area is 827 Å². The van der Waals surface area contributed by atoms with Crippen LogP contribution in [0.5, 0.6) is 28.7 Å². The molecule has 140 heavy (non-hydrogen) atoms. The fourth-order valence-corrected chi connectivity index (χ4v) is 22.9. The topological polar surface area (TPSA) is 361 Å². The number of aromatic amines is 5. The van der Waals surface area contributed by atoms with Crippen LogP contribution in [-0.2, 0) is 25.5 Å². The number of fused-ring (bicyclic) bond motifs is 10. The van der Waals surface area contributed by atoms with Crippen molar-refractivity contribution in [2.45, 2.75) is 19.3 Å². The summed E-state index contributed by atoms with van der Waals surface area (Å²) in [7, 11) is 13.5. The number of nitrogens with one attached hydrogen (secondary N) is 10. The van der Waals surface area contributed by atoms with Gasteiger partial charge in [0.15, 0.2) is 34.5 Å². The standard InChI is InChI=1S/C22H17N3O2S2.C21H22N4O2S.C21H15N3O3S.C21H15N3O2S2.C20H19N3O3S/c1-27-22-16(23-19(26)12-14-6-4-10-28-14)9-8-15-20(22)21(25-24-15)18-11-13-5-2-3-7-17(13)29-18;1-25(2)11-10-18(26)22-15-9-8-14-19(21(15)27-3)20(24-23-14)17-12-13-6-4-5-7-16(13)28-17;1-26-20-14(22-21(25)15-6-4-10-27-15)9-8-13-18(20)19(24-23-13)17-11-12-5-2-3-7-16(12)28-17;1-26-20-14(22-21(25)16-7-4-10-27-16)9-8-13-18(20)19(24-23-13)17-11-12-5-2-3-6-15(12)28-17;1-25-10-9-17(24)21-14-8-7-13-18(20(14)26-2)19(23-22-13)16-11-12-5-3-4-6-15(12)27-16/h2-11H,12H2,1H3,(H,23,26)(H,24,25);4-9,12H,10-11H2,1-3H3,(H,22,26)(H,23,24);2*2-11H,1H3,(H,22,25)(H,23,24);3-8,11H,9-10H2,1-2H3,(H,21,24)(H,22,23). The number of hydrogen-bond acceptors (Lipinski definition) is 25. The highest BCUT2D eigenvalue weighted by Crippen LogP contribution is 2.49. The first-order valence-corrected chi connectivity index (χ1v) is 49.8. The molecule has 0 saturated carbocycles. The van der Waals surface area contributed by atoms with E-state index in [2.05, 4.69) is 169 Å². The first-order valence-electron chi connectivity index (χ1n) is 43.9. The molecular formula is C105H88N16O12S7. The van der Waals surface area contributed by atoms with Crippen LogP contribution in [-0.4, -0.2) is 155 Å². The van der Waals surface area contributed by atoms with E-state index in [1.807, 2.05) is 163 Å². The molecule has 5 amide bonds. The number of thiophene rings is 7. The van der Waals surface area contributed by atoms with Crippen LogP contribution in [0.15, 0.2) is 270 Å². The molecule has 0 aliphatic rings. The molecule has 10 N–H and O–H groups in total. The second-order valence-corrected chi connectivity index (χ2v) is 39.4. The van der Waals surface area contributed by atoms with Gasteiger partial charge in [-0.1, -0.05) is 103 Å². The SMILES string of the molecule is COCCC(=O)Nc1ccc2[nH]nc(-c3cc4ccccc4s3)c2c1OC.COc1c(NC(=O)CCN(C)C)ccc2[nH]nc(-c3cc4ccccc4s3)c12.COc1c(NC(=O)Cc2cccs2)ccc2[nH]nc(-c3cc4ccccc4s3)c12.COc1c(NC(=O)c2ccco2)ccc2[nH]nc(-c3cc4ccccc4s3)c12.COc1c(NC(=O)c2cccs2)ccc2[nH]nc(-c3cc4ccccc4s3)c12. The van der Waals surface area contributed by atoms with Crippen molar-refractivity contribution in [3.8, 4) is 81.6 Å². The zero-order valence-corrected chi connectivity index (χ0v) is 82.1. The van der Waals surface area contributed by atoms with Crippen LogP contribution in [0.4, 0.5) is 28.4 Å². The molecule has 23 rings (SSSR count). The summed E-state index contributed by atoms with van der Waals surface area (Å²) in [5.74, 6) is 2.49. The molecule has 0 spiro atoms. The van der Waals surface area contributed by atoms with Crippen LogP contribution in [0.3, 0.4) is 0 Å². The van der Waals surface area contributed by atoms with Gasteiger partial charge in [0, 0.05) is 48.5 Å². The number of rotatable bonds is 25. The second kappa shape index (κ2) is 42.1. The monoisotopic (exact) mass is 1990 g/mol. The number of furan rings is 1. The van der Waals surface area contributed by atoms with E-state index in [4.69, 9.17) is 32.8 Å². The highest BCUT2D eigenvalue weighted by molar-refractivity contribution is 7.24. The lowest BCUT2D eigenvalue weighted by Gasteiger charge is -2.13. The van der Waals surface area contributed by atoms with E-state index < -0.39 is 0 Å². The van der Waals surface area contributed by atoms with Crippen LogP contribution in [0.2, 0.25) is 0 Å². The maximum absolute atomic E-state index is 12.5. The molecule has 23 aromatic rings. The molecule has 35 heteroatoms. The predicted octanol–water partition coefficient (Wildman–Crippen LogP) is 25.5. The van der Waals surface area contributed by atoms with Gasteiger partial charge >= 0.3 is 0 Å². The van der Waals surface area contributed by atoms with Crippen LogP contribution >= 0.6 is 79.4 Å². The summed E-state index contributed by atoms with van der Waals surface area (Å²) in [6.07, 6.45) is 2.51. The van der Waals surface area contributed by atoms with Gasteiger partial charge < -0.3 is 64.3 Å². The number of aromatic nitrogens is 10. The fraction of sp³-hybridized carbons (Fsp3) is 0.124. The maximum Gasteiger partial charge on any atom is 0.291 e. The fourth-order valence-electron chi connectivity index (χ4n) is 16.2. The normalized spacial score (nSPS) is 11.2. The number of H-pyrrole nitrogens is 5. The zero-order valence-electron chi connectivity index (χ0n) is 76.4. The Morgan fingerprint density at radius 1 is 0.336 bits per heavy atom. The van der Waals surface area contributed by atoms with Crippen molar-refractivity contribution in [1.29, 1.82) is 0 Å². The summed E-state index contributed by atoms with van der Waals surface area (Å²) >= 11 is 11.4. The van der Waals surface area contributed by atoms with Crippen molar-refractivity contribution in [1.82, 2.24) is 55.9 Å². The Hall–Kier alpha value is -15.7. The predicted molar refractivity (Wildman–Crippen MR) is 570 cm³/mol. The van der Waals surface area contributed by atoms with E-state index in [-0.39, 0.29) is 41.7 Å². The maximum atomic E-state index is 12.5. The van der Waals surface area contributed by atoms with Crippen LogP contribution in [0.25, 0.3) is 158 Å². The Balaban J connectivity index is 0.000000111. The van der Waals surface area contributed by atoms with Crippen molar-refractivity contribution < 1.29 is 56.8 Å². The minimum Gasteiger partial charge on any atom is -0.494 e. The number of benzene rings is 10. The number of nitrogens with zero attached hydrogens (tertiary/aromatic N) is 6. The smallest absolute Gasteiger partial charge is 0.291 e. The molecular weight excluding hydrogens is 1900 g/mol. The average Bonchev–Trinajstić information content (AvgIpc) is 1.63. The number of methoxy groups -OCH3 is 6. The van der Waals surface area contributed by atoms with Gasteiger partial charge in [-0.2, -0.15) is 25.5 Å². The summed E-state index contributed by atoms with van der Waals surface area (Å²) < 4.78 is 44.6. The van der Waals surface area contributed by atoms with Gasteiger partial charge in [-0.25, -0.2) is 0 Å². The summed E-state index contributed by atoms with van der Waals surface area (Å²) in [5.41, 5.74) is 11.5. The van der Waals surface area contributed by atoms with Crippen LogP contribution in [0.1, 0.15) is 37.9 Å². The van der Waals surface area contributed by atoms with E-state index in [1.165, 1.54) is 68.0 Å². The van der Waals surface area contributed by atoms with Crippen LogP contribution < -0.4 is 50.3 Å². The first-order chi connectivity index (χ1) is 68.5. The summed E-state index contributed by atoms with van der Waals surface area (Å²) in [6.45, 7) is 1.06. The van der Waals surface area contributed by atoms with Gasteiger partial charge in [0.05, 0.1) is 173 Å². The van der Waals surface area contributed by atoms with Crippen molar-refractivity contribution in [3.05, 3.63) is 281 Å². The molecule has 0 bridgehead atoms. The zero-order chi connectivity index (χ0) is 96.4. The number of carbonyl (C=O) groups excluding carboxylic acids is 5. The van der Waals surface area contributed by atoms with E-state index in [0.29, 0.717) is 88.1 Å². The third kappa shape index (κ3) is 19.8. The lowest BCUT2D eigenvalue weighted by Crippen LogP contribution is -2.21. The Kier molecular flexibility index (Phi) is 28.1. The Morgan fingerprint density at radius 3 is 0.943 bits per heavy atom. The van der Waals surface area contributed by atoms with Crippen LogP contribution in [0, 0.1) is 0 Å². The van der Waals surface area contributed by atoms with Gasteiger partial charge in [0.2, 0.25) is 17.7 Å². The third-order valence-electron chi connectivity index (χ3n) is 22.8. The molecule has 0 aliphatic carbocycles. The molecule has 0 aliphatic heterocycles. The summed E-state index contributed by atoms with van der Waals surface area (Å²) in [4.78, 5) is 70.8. The molecule has 702 valence electrons. The molecule has 10 aromatic carbocycles. The van der Waals surface area contributed by atoms with Crippen molar-refractivity contribution >= 4 is 242 Å². The Bertz CT molecular complexity index is 8080. The molecule has 0 unspecified atom stereocenters. The molecule has 0 saturated heterocycles.